The summed E-state index contributed by atoms with van der Waals surface area (Å²) >= 11 is 11.8. The molecule has 0 aliphatic rings. The van der Waals surface area contributed by atoms with Crippen LogP contribution in [0.3, 0.4) is 0 Å². The highest BCUT2D eigenvalue weighted by Gasteiger charge is 2.14. The fourth-order valence-corrected chi connectivity index (χ4v) is 2.52. The van der Waals surface area contributed by atoms with Crippen molar-refractivity contribution in [3.8, 4) is 0 Å². The zero-order valence-electron chi connectivity index (χ0n) is 11.0. The first-order chi connectivity index (χ1) is 10.5. The number of aromatic nitrogens is 2. The Hall–Kier alpha value is -2.44. The predicted octanol–water partition coefficient (Wildman–Crippen LogP) is 3.30. The van der Waals surface area contributed by atoms with Crippen LogP contribution >= 0.6 is 23.2 Å². The van der Waals surface area contributed by atoms with Crippen molar-refractivity contribution in [2.45, 2.75) is 0 Å². The number of carbonyl (C=O) groups is 1. The van der Waals surface area contributed by atoms with Gasteiger partial charge in [0, 0.05) is 10.7 Å². The molecule has 0 radical (unpaired) electrons. The molecule has 0 bridgehead atoms. The van der Waals surface area contributed by atoms with Crippen LogP contribution in [0.1, 0.15) is 0 Å². The van der Waals surface area contributed by atoms with E-state index in [9.17, 15) is 9.59 Å². The van der Waals surface area contributed by atoms with Gasteiger partial charge in [0.25, 0.3) is 0 Å². The van der Waals surface area contributed by atoms with Gasteiger partial charge in [-0.1, -0.05) is 46.2 Å². The van der Waals surface area contributed by atoms with Gasteiger partial charge in [-0.05, 0) is 24.3 Å². The SMILES string of the molecule is O=C(Nc1ccccc1)On1[nH]c2cc(Cl)cc(Cl)c2c1=O. The molecule has 22 heavy (non-hydrogen) atoms. The Morgan fingerprint density at radius 2 is 1.91 bits per heavy atom. The molecule has 8 heteroatoms. The average Bonchev–Trinajstić information content (AvgIpc) is 2.76. The van der Waals surface area contributed by atoms with E-state index in [1.807, 2.05) is 6.07 Å². The number of nitrogens with one attached hydrogen (secondary N) is 2. The topological polar surface area (TPSA) is 76.1 Å². The zero-order valence-corrected chi connectivity index (χ0v) is 12.5. The Kier molecular flexibility index (Phi) is 3.79. The lowest BCUT2D eigenvalue weighted by atomic mass is 10.2. The number of rotatable bonds is 2. The van der Waals surface area contributed by atoms with Crippen LogP contribution in [0, 0.1) is 0 Å². The van der Waals surface area contributed by atoms with Gasteiger partial charge in [0.15, 0.2) is 0 Å². The molecule has 0 saturated heterocycles. The number of carbonyl (C=O) groups excluding carboxylic acids is 1. The van der Waals surface area contributed by atoms with Crippen molar-refractivity contribution in [2.24, 2.45) is 0 Å². The van der Waals surface area contributed by atoms with Crippen molar-refractivity contribution in [1.29, 1.82) is 0 Å². The average molecular weight is 338 g/mol. The highest BCUT2D eigenvalue weighted by molar-refractivity contribution is 6.38. The van der Waals surface area contributed by atoms with E-state index in [0.29, 0.717) is 21.1 Å². The Morgan fingerprint density at radius 1 is 1.18 bits per heavy atom. The first-order valence-electron chi connectivity index (χ1n) is 6.19. The summed E-state index contributed by atoms with van der Waals surface area (Å²) in [6, 6.07) is 11.6. The molecule has 2 aromatic carbocycles. The highest BCUT2D eigenvalue weighted by atomic mass is 35.5. The molecule has 2 N–H and O–H groups in total. The molecular weight excluding hydrogens is 329 g/mol. The molecular formula is C14H9Cl2N3O3. The second-order valence-corrected chi connectivity index (χ2v) is 5.23. The van der Waals surface area contributed by atoms with Gasteiger partial charge in [-0.25, -0.2) is 4.79 Å². The Balaban J connectivity index is 1.88. The molecule has 1 amide bonds. The summed E-state index contributed by atoms with van der Waals surface area (Å²) in [7, 11) is 0. The number of halogens is 2. The first kappa shape index (κ1) is 14.5. The number of hydrogen-bond donors (Lipinski definition) is 2. The number of aromatic amines is 1. The minimum Gasteiger partial charge on any atom is -0.297 e. The van der Waals surface area contributed by atoms with Crippen LogP contribution in [0.4, 0.5) is 10.5 Å². The lowest BCUT2D eigenvalue weighted by Gasteiger charge is -2.04. The van der Waals surface area contributed by atoms with Crippen molar-refractivity contribution < 1.29 is 9.63 Å². The molecule has 1 heterocycles. The van der Waals surface area contributed by atoms with Crippen molar-refractivity contribution >= 4 is 45.9 Å². The van der Waals surface area contributed by atoms with E-state index >= 15 is 0 Å². The van der Waals surface area contributed by atoms with Gasteiger partial charge >= 0.3 is 11.7 Å². The quantitative estimate of drug-likeness (QED) is 0.753. The number of hydrogen-bond acceptors (Lipinski definition) is 3. The van der Waals surface area contributed by atoms with Crippen LogP contribution in [0.2, 0.25) is 10.0 Å². The highest BCUT2D eigenvalue weighted by Crippen LogP contribution is 2.24. The molecule has 3 aromatic rings. The van der Waals surface area contributed by atoms with Crippen LogP contribution in [-0.4, -0.2) is 16.0 Å². The molecule has 0 atom stereocenters. The lowest BCUT2D eigenvalue weighted by Crippen LogP contribution is -2.32. The molecule has 112 valence electrons. The van der Waals surface area contributed by atoms with Gasteiger partial charge in [0.2, 0.25) is 0 Å². The standard InChI is InChI=1S/C14H9Cl2N3O3/c15-8-6-10(16)12-11(7-8)18-19(13(12)20)22-14(21)17-9-4-2-1-3-5-9/h1-7,18H,(H,17,21). The third kappa shape index (κ3) is 2.79. The minimum absolute atomic E-state index is 0.176. The fourth-order valence-electron chi connectivity index (χ4n) is 1.95. The van der Waals surface area contributed by atoms with Crippen LogP contribution < -0.4 is 15.7 Å². The Morgan fingerprint density at radius 3 is 2.64 bits per heavy atom. The minimum atomic E-state index is -0.818. The van der Waals surface area contributed by atoms with Gasteiger partial charge in [0.05, 0.1) is 15.9 Å². The normalized spacial score (nSPS) is 10.6. The van der Waals surface area contributed by atoms with Gasteiger partial charge in [0.1, 0.15) is 0 Å². The second-order valence-electron chi connectivity index (χ2n) is 4.39. The van der Waals surface area contributed by atoms with E-state index in [-0.39, 0.29) is 10.4 Å². The summed E-state index contributed by atoms with van der Waals surface area (Å²) in [6.07, 6.45) is -0.818. The molecule has 1 aromatic heterocycles. The maximum absolute atomic E-state index is 12.1. The summed E-state index contributed by atoms with van der Waals surface area (Å²) in [4.78, 5) is 29.6. The van der Waals surface area contributed by atoms with E-state index in [1.165, 1.54) is 12.1 Å². The van der Waals surface area contributed by atoms with Crippen molar-refractivity contribution in [1.82, 2.24) is 9.94 Å². The third-order valence-corrected chi connectivity index (χ3v) is 3.39. The summed E-state index contributed by atoms with van der Waals surface area (Å²) in [5.41, 5.74) is 0.327. The molecule has 0 unspecified atom stereocenters. The van der Waals surface area contributed by atoms with E-state index in [1.54, 1.807) is 24.3 Å². The van der Waals surface area contributed by atoms with Crippen LogP contribution in [0.15, 0.2) is 47.3 Å². The number of fused-ring (bicyclic) bond motifs is 1. The molecule has 0 fully saturated rings. The maximum atomic E-state index is 12.1. The van der Waals surface area contributed by atoms with Crippen LogP contribution in [0.5, 0.6) is 0 Å². The Bertz CT molecular complexity index is 903. The number of amides is 1. The number of H-pyrrole nitrogens is 1. The molecule has 6 nitrogen and oxygen atoms in total. The van der Waals surface area contributed by atoms with Gasteiger partial charge in [-0.2, -0.15) is 0 Å². The third-order valence-electron chi connectivity index (χ3n) is 2.87. The molecule has 0 aliphatic carbocycles. The summed E-state index contributed by atoms with van der Waals surface area (Å²) in [5.74, 6) is 0. The monoisotopic (exact) mass is 337 g/mol. The zero-order chi connectivity index (χ0) is 15.7. The van der Waals surface area contributed by atoms with E-state index in [4.69, 9.17) is 28.0 Å². The van der Waals surface area contributed by atoms with Gasteiger partial charge < -0.3 is 0 Å². The van der Waals surface area contributed by atoms with Gasteiger partial charge in [-0.3, -0.25) is 20.0 Å². The fraction of sp³-hybridized carbons (Fsp3) is 0. The molecule has 0 spiro atoms. The number of benzene rings is 2. The van der Waals surface area contributed by atoms with Gasteiger partial charge in [-0.15, -0.1) is 0 Å². The number of anilines is 1. The van der Waals surface area contributed by atoms with E-state index < -0.39 is 11.7 Å². The maximum Gasteiger partial charge on any atom is 0.437 e. The molecule has 0 aliphatic heterocycles. The van der Waals surface area contributed by atoms with E-state index in [2.05, 4.69) is 10.4 Å². The summed E-state index contributed by atoms with van der Waals surface area (Å²) in [5, 5.41) is 5.83. The van der Waals surface area contributed by atoms with E-state index in [0.717, 1.165) is 0 Å². The van der Waals surface area contributed by atoms with Crippen molar-refractivity contribution in [3.05, 3.63) is 62.9 Å². The number of nitrogens with zero attached hydrogens (tertiary/aromatic N) is 1. The predicted molar refractivity (Wildman–Crippen MR) is 84.6 cm³/mol. The van der Waals surface area contributed by atoms with Crippen molar-refractivity contribution in [2.75, 3.05) is 5.32 Å². The largest absolute Gasteiger partial charge is 0.437 e. The van der Waals surface area contributed by atoms with Crippen molar-refractivity contribution in [3.63, 3.8) is 0 Å². The first-order valence-corrected chi connectivity index (χ1v) is 6.94. The smallest absolute Gasteiger partial charge is 0.297 e. The Labute approximate surface area is 134 Å². The summed E-state index contributed by atoms with van der Waals surface area (Å²) in [6.45, 7) is 0. The lowest BCUT2D eigenvalue weighted by molar-refractivity contribution is 0.126. The summed E-state index contributed by atoms with van der Waals surface area (Å²) < 4.78 is 0. The molecule has 0 saturated carbocycles. The van der Waals surface area contributed by atoms with Crippen LogP contribution in [-0.2, 0) is 0 Å². The number of para-hydroxylation sites is 1. The second kappa shape index (κ2) is 5.75. The molecule has 3 rings (SSSR count). The van der Waals surface area contributed by atoms with Crippen LogP contribution in [0.25, 0.3) is 10.9 Å².